The number of nitrogens with one attached hydrogen (secondary N) is 1. The number of ether oxygens (including phenoxy) is 1. The monoisotopic (exact) mass is 343 g/mol. The van der Waals surface area contributed by atoms with Crippen molar-refractivity contribution in [1.82, 2.24) is 15.3 Å². The molecule has 0 spiro atoms. The average Bonchev–Trinajstić information content (AvgIpc) is 3.00. The van der Waals surface area contributed by atoms with Crippen LogP contribution in [-0.2, 0) is 4.79 Å². The minimum absolute atomic E-state index is 0.0149. The van der Waals surface area contributed by atoms with Gasteiger partial charge in [0.15, 0.2) is 6.61 Å². The Morgan fingerprint density at radius 2 is 1.92 bits per heavy atom. The predicted octanol–water partition coefficient (Wildman–Crippen LogP) is 3.16. The molecular formula is C18H21N3O2S. The van der Waals surface area contributed by atoms with Crippen molar-refractivity contribution < 1.29 is 9.53 Å². The largest absolute Gasteiger partial charge is 0.467 e. The minimum atomic E-state index is -0.0149. The van der Waals surface area contributed by atoms with Crippen LogP contribution in [0.2, 0.25) is 0 Å². The highest BCUT2D eigenvalue weighted by molar-refractivity contribution is 7.16. The van der Waals surface area contributed by atoms with Crippen LogP contribution in [0, 0.1) is 17.8 Å². The van der Waals surface area contributed by atoms with Crippen LogP contribution in [0.5, 0.6) is 5.88 Å². The maximum absolute atomic E-state index is 12.5. The van der Waals surface area contributed by atoms with Crippen LogP contribution in [-0.4, -0.2) is 28.0 Å². The van der Waals surface area contributed by atoms with Crippen LogP contribution < -0.4 is 10.1 Å². The minimum Gasteiger partial charge on any atom is -0.467 e. The fourth-order valence-corrected chi connectivity index (χ4v) is 6.34. The molecule has 1 amide bonds. The SMILES string of the molecule is O=C(COc1ncnc2sccc12)NC12CC3CC(CC(C3)C1)C2. The van der Waals surface area contributed by atoms with E-state index in [9.17, 15) is 4.79 Å². The van der Waals surface area contributed by atoms with Gasteiger partial charge >= 0.3 is 0 Å². The van der Waals surface area contributed by atoms with Crippen LogP contribution in [0.1, 0.15) is 38.5 Å². The second-order valence-corrected chi connectivity index (χ2v) is 8.75. The van der Waals surface area contributed by atoms with Crippen LogP contribution in [0.3, 0.4) is 0 Å². The summed E-state index contributed by atoms with van der Waals surface area (Å²) < 4.78 is 5.70. The molecule has 2 aromatic heterocycles. The van der Waals surface area contributed by atoms with Crippen molar-refractivity contribution in [3.63, 3.8) is 0 Å². The van der Waals surface area contributed by atoms with Gasteiger partial charge in [-0.2, -0.15) is 0 Å². The lowest BCUT2D eigenvalue weighted by Gasteiger charge is -2.56. The zero-order valence-corrected chi connectivity index (χ0v) is 14.3. The number of carbonyl (C=O) groups excluding carboxylic acids is 1. The summed E-state index contributed by atoms with van der Waals surface area (Å²) in [4.78, 5) is 21.8. The van der Waals surface area contributed by atoms with Gasteiger partial charge in [0, 0.05) is 5.54 Å². The predicted molar refractivity (Wildman–Crippen MR) is 92.0 cm³/mol. The van der Waals surface area contributed by atoms with E-state index in [0.717, 1.165) is 47.2 Å². The first kappa shape index (κ1) is 14.6. The van der Waals surface area contributed by atoms with Crippen LogP contribution in [0.25, 0.3) is 10.2 Å². The summed E-state index contributed by atoms with van der Waals surface area (Å²) in [5, 5.41) is 6.17. The Hall–Kier alpha value is -1.69. The van der Waals surface area contributed by atoms with Crippen molar-refractivity contribution in [3.05, 3.63) is 17.8 Å². The van der Waals surface area contributed by atoms with Crippen molar-refractivity contribution in [2.45, 2.75) is 44.1 Å². The Labute approximate surface area is 144 Å². The number of nitrogens with zero attached hydrogens (tertiary/aromatic N) is 2. The molecule has 0 unspecified atom stereocenters. The zero-order valence-electron chi connectivity index (χ0n) is 13.5. The van der Waals surface area contributed by atoms with Crippen molar-refractivity contribution >= 4 is 27.5 Å². The number of carbonyl (C=O) groups is 1. The first-order chi connectivity index (χ1) is 11.7. The van der Waals surface area contributed by atoms with Gasteiger partial charge in [0.2, 0.25) is 5.88 Å². The van der Waals surface area contributed by atoms with Gasteiger partial charge in [0.25, 0.3) is 5.91 Å². The molecule has 6 heteroatoms. The average molecular weight is 343 g/mol. The molecule has 1 N–H and O–H groups in total. The number of hydrogen-bond donors (Lipinski definition) is 1. The molecule has 4 aliphatic carbocycles. The summed E-state index contributed by atoms with van der Waals surface area (Å²) in [5.41, 5.74) is 0.0402. The molecule has 0 atom stereocenters. The maximum Gasteiger partial charge on any atom is 0.258 e. The highest BCUT2D eigenvalue weighted by atomic mass is 32.1. The Morgan fingerprint density at radius 3 is 2.62 bits per heavy atom. The molecule has 4 aliphatic rings. The van der Waals surface area contributed by atoms with Gasteiger partial charge in [-0.25, -0.2) is 9.97 Å². The van der Waals surface area contributed by atoms with Crippen molar-refractivity contribution in [2.24, 2.45) is 17.8 Å². The van der Waals surface area contributed by atoms with Crippen LogP contribution in [0.4, 0.5) is 0 Å². The molecule has 4 saturated carbocycles. The second-order valence-electron chi connectivity index (χ2n) is 7.85. The topological polar surface area (TPSA) is 64.1 Å². The molecule has 5 nitrogen and oxygen atoms in total. The van der Waals surface area contributed by atoms with E-state index in [1.165, 1.54) is 25.6 Å². The van der Waals surface area contributed by atoms with Gasteiger partial charge in [-0.05, 0) is 67.7 Å². The zero-order chi connectivity index (χ0) is 16.1. The van der Waals surface area contributed by atoms with E-state index in [1.54, 1.807) is 11.3 Å². The number of amides is 1. The van der Waals surface area contributed by atoms with E-state index in [-0.39, 0.29) is 18.1 Å². The Balaban J connectivity index is 1.26. The Kier molecular flexibility index (Phi) is 3.30. The quantitative estimate of drug-likeness (QED) is 0.926. The second kappa shape index (κ2) is 5.41. The smallest absolute Gasteiger partial charge is 0.258 e. The third-order valence-corrected chi connectivity index (χ3v) is 6.83. The van der Waals surface area contributed by atoms with E-state index in [4.69, 9.17) is 4.74 Å². The lowest BCUT2D eigenvalue weighted by atomic mass is 9.53. The standard InChI is InChI=1S/C18H21N3O2S/c22-15(9-23-16-14-1-2-24-17(14)20-10-19-16)21-18-6-11-3-12(7-18)5-13(4-11)8-18/h1-2,10-13H,3-9H2,(H,21,22). The highest BCUT2D eigenvalue weighted by Gasteiger charge is 2.51. The van der Waals surface area contributed by atoms with E-state index >= 15 is 0 Å². The van der Waals surface area contributed by atoms with Gasteiger partial charge < -0.3 is 10.1 Å². The summed E-state index contributed by atoms with van der Waals surface area (Å²) in [5.74, 6) is 2.96. The first-order valence-corrected chi connectivity index (χ1v) is 9.69. The molecule has 2 heterocycles. The molecule has 24 heavy (non-hydrogen) atoms. The maximum atomic E-state index is 12.5. The fourth-order valence-electron chi connectivity index (χ4n) is 5.61. The summed E-state index contributed by atoms with van der Waals surface area (Å²) in [6.45, 7) is 0.0315. The van der Waals surface area contributed by atoms with Crippen molar-refractivity contribution in [3.8, 4) is 5.88 Å². The van der Waals surface area contributed by atoms with Gasteiger partial charge in [-0.15, -0.1) is 11.3 Å². The summed E-state index contributed by atoms with van der Waals surface area (Å²) in [6.07, 6.45) is 9.10. The highest BCUT2D eigenvalue weighted by Crippen LogP contribution is 2.55. The fraction of sp³-hybridized carbons (Fsp3) is 0.611. The van der Waals surface area contributed by atoms with Gasteiger partial charge in [0.1, 0.15) is 11.2 Å². The van der Waals surface area contributed by atoms with Gasteiger partial charge in [-0.1, -0.05) is 0 Å². The van der Waals surface area contributed by atoms with Crippen molar-refractivity contribution in [1.29, 1.82) is 0 Å². The number of hydrogen-bond acceptors (Lipinski definition) is 5. The Morgan fingerprint density at radius 1 is 1.21 bits per heavy atom. The number of aromatic nitrogens is 2. The lowest BCUT2D eigenvalue weighted by molar-refractivity contribution is -0.128. The molecule has 4 fully saturated rings. The molecule has 0 aromatic carbocycles. The third-order valence-electron chi connectivity index (χ3n) is 6.01. The van der Waals surface area contributed by atoms with E-state index in [0.29, 0.717) is 5.88 Å². The van der Waals surface area contributed by atoms with Gasteiger partial charge in [-0.3, -0.25) is 4.79 Å². The molecule has 6 rings (SSSR count). The first-order valence-electron chi connectivity index (χ1n) is 8.81. The molecule has 0 radical (unpaired) electrons. The van der Waals surface area contributed by atoms with E-state index in [2.05, 4.69) is 15.3 Å². The number of fused-ring (bicyclic) bond motifs is 1. The number of thiophene rings is 1. The number of rotatable bonds is 4. The third kappa shape index (κ3) is 2.48. The van der Waals surface area contributed by atoms with Gasteiger partial charge in [0.05, 0.1) is 5.39 Å². The van der Waals surface area contributed by atoms with Crippen LogP contribution in [0.15, 0.2) is 17.8 Å². The van der Waals surface area contributed by atoms with E-state index in [1.807, 2.05) is 11.4 Å². The van der Waals surface area contributed by atoms with Crippen molar-refractivity contribution in [2.75, 3.05) is 6.61 Å². The van der Waals surface area contributed by atoms with E-state index < -0.39 is 0 Å². The Bertz CT molecular complexity index is 752. The summed E-state index contributed by atoms with van der Waals surface area (Å²) >= 11 is 1.55. The van der Waals surface area contributed by atoms with Crippen LogP contribution >= 0.6 is 11.3 Å². The molecule has 126 valence electrons. The molecule has 2 aromatic rings. The molecule has 0 aliphatic heterocycles. The normalized spacial score (nSPS) is 33.8. The summed E-state index contributed by atoms with van der Waals surface area (Å²) in [6, 6.07) is 1.94. The molecule has 4 bridgehead atoms. The summed E-state index contributed by atoms with van der Waals surface area (Å²) in [7, 11) is 0. The lowest BCUT2D eigenvalue weighted by Crippen LogP contribution is -2.60. The molecular weight excluding hydrogens is 322 g/mol. The molecule has 0 saturated heterocycles.